The highest BCUT2D eigenvalue weighted by Gasteiger charge is 2.35. The number of carbonyl (C=O) groups excluding carboxylic acids is 2. The highest BCUT2D eigenvalue weighted by atomic mass is 79.9. The minimum absolute atomic E-state index is 0.0205. The minimum atomic E-state index is -4.26. The van der Waals surface area contributed by atoms with E-state index in [0.717, 1.165) is 51.2 Å². The molecule has 1 fully saturated rings. The van der Waals surface area contributed by atoms with Crippen molar-refractivity contribution in [2.45, 2.75) is 62.6 Å². The first-order valence-corrected chi connectivity index (χ1v) is 18.5. The standard InChI is InChI=1S/C37H39BrClN3O5S/c1-26-12-19-32(20-13-26)48(45,46)42(31-18-21-35(47-2)33(39)23-31)25-36(43)41(24-28-14-16-29(38)17-15-28)34(22-27-8-4-3-5-9-27)37(44)40-30-10-6-7-11-30/h3-5,8-9,12-21,23,30,34H,6-7,10-11,22,24-25H2,1-2H3,(H,40,44)/t34-/m0/s1. The molecule has 0 heterocycles. The minimum Gasteiger partial charge on any atom is -0.495 e. The second-order valence-corrected chi connectivity index (χ2v) is 15.2. The van der Waals surface area contributed by atoms with Crippen LogP contribution in [0.3, 0.4) is 0 Å². The number of halogens is 2. The predicted octanol–water partition coefficient (Wildman–Crippen LogP) is 7.31. The number of benzene rings is 4. The van der Waals surface area contributed by atoms with Crippen molar-refractivity contribution in [3.05, 3.63) is 123 Å². The quantitative estimate of drug-likeness (QED) is 0.155. The number of nitrogens with zero attached hydrogens (tertiary/aromatic N) is 2. The van der Waals surface area contributed by atoms with Crippen LogP contribution in [-0.4, -0.2) is 50.9 Å². The smallest absolute Gasteiger partial charge is 0.264 e. The first-order chi connectivity index (χ1) is 23.0. The zero-order chi connectivity index (χ0) is 34.3. The molecule has 1 aliphatic carbocycles. The third-order valence-corrected chi connectivity index (χ3v) is 11.2. The number of aryl methyl sites for hydroxylation is 1. The van der Waals surface area contributed by atoms with E-state index in [1.807, 2.05) is 61.5 Å². The van der Waals surface area contributed by atoms with Gasteiger partial charge in [0.05, 0.1) is 22.7 Å². The summed E-state index contributed by atoms with van der Waals surface area (Å²) >= 11 is 9.95. The SMILES string of the molecule is COc1ccc(N(CC(=O)N(Cc2ccc(Br)cc2)[C@@H](Cc2ccccc2)C(=O)NC2CCCC2)S(=O)(=O)c2ccc(C)cc2)cc1Cl. The molecule has 5 rings (SSSR count). The molecule has 0 radical (unpaired) electrons. The third kappa shape index (κ3) is 8.78. The zero-order valence-electron chi connectivity index (χ0n) is 26.9. The number of hydrogen-bond acceptors (Lipinski definition) is 5. The Bertz CT molecular complexity index is 1820. The van der Waals surface area contributed by atoms with Gasteiger partial charge in [0, 0.05) is 23.5 Å². The molecule has 1 aliphatic rings. The Morgan fingerprint density at radius 2 is 1.60 bits per heavy atom. The van der Waals surface area contributed by atoms with Gasteiger partial charge in [-0.1, -0.05) is 101 Å². The zero-order valence-corrected chi connectivity index (χ0v) is 30.1. The number of nitrogens with one attached hydrogen (secondary N) is 1. The molecule has 0 saturated heterocycles. The Morgan fingerprint density at radius 3 is 2.23 bits per heavy atom. The summed E-state index contributed by atoms with van der Waals surface area (Å²) in [7, 11) is -2.79. The molecule has 252 valence electrons. The molecule has 0 aliphatic heterocycles. The van der Waals surface area contributed by atoms with Crippen LogP contribution in [0.25, 0.3) is 0 Å². The Labute approximate surface area is 296 Å². The van der Waals surface area contributed by atoms with Crippen LogP contribution in [0.1, 0.15) is 42.4 Å². The molecule has 2 amide bonds. The van der Waals surface area contributed by atoms with Gasteiger partial charge in [-0.05, 0) is 73.4 Å². The van der Waals surface area contributed by atoms with Crippen molar-refractivity contribution in [2.24, 2.45) is 0 Å². The van der Waals surface area contributed by atoms with Crippen LogP contribution in [0.2, 0.25) is 5.02 Å². The Balaban J connectivity index is 1.58. The molecule has 11 heteroatoms. The molecule has 4 aromatic carbocycles. The van der Waals surface area contributed by atoms with Gasteiger partial charge in [-0.3, -0.25) is 13.9 Å². The van der Waals surface area contributed by atoms with E-state index < -0.39 is 28.5 Å². The molecule has 48 heavy (non-hydrogen) atoms. The van der Waals surface area contributed by atoms with Crippen LogP contribution in [0, 0.1) is 6.92 Å². The van der Waals surface area contributed by atoms with Gasteiger partial charge in [-0.25, -0.2) is 8.42 Å². The molecule has 1 N–H and O–H groups in total. The number of amides is 2. The summed E-state index contributed by atoms with van der Waals surface area (Å²) in [6.45, 7) is 1.38. The average molecular weight is 753 g/mol. The lowest BCUT2D eigenvalue weighted by molar-refractivity contribution is -0.140. The van der Waals surface area contributed by atoms with Crippen LogP contribution in [0.5, 0.6) is 5.75 Å². The summed E-state index contributed by atoms with van der Waals surface area (Å²) in [4.78, 5) is 30.3. The van der Waals surface area contributed by atoms with Crippen molar-refractivity contribution in [1.29, 1.82) is 0 Å². The number of sulfonamides is 1. The number of hydrogen-bond donors (Lipinski definition) is 1. The molecular formula is C37H39BrClN3O5S. The van der Waals surface area contributed by atoms with Crippen molar-refractivity contribution < 1.29 is 22.7 Å². The maximum absolute atomic E-state index is 14.7. The van der Waals surface area contributed by atoms with Crippen LogP contribution in [0.4, 0.5) is 5.69 Å². The van der Waals surface area contributed by atoms with Crippen LogP contribution in [-0.2, 0) is 32.6 Å². The molecule has 0 spiro atoms. The molecule has 0 aromatic heterocycles. The maximum Gasteiger partial charge on any atom is 0.264 e. The van der Waals surface area contributed by atoms with Gasteiger partial charge in [-0.2, -0.15) is 0 Å². The number of anilines is 1. The number of rotatable bonds is 13. The number of carbonyl (C=O) groups is 2. The van der Waals surface area contributed by atoms with Gasteiger partial charge in [-0.15, -0.1) is 0 Å². The maximum atomic E-state index is 14.7. The van der Waals surface area contributed by atoms with Gasteiger partial charge in [0.15, 0.2) is 0 Å². The second-order valence-electron chi connectivity index (χ2n) is 12.0. The van der Waals surface area contributed by atoms with Crippen LogP contribution < -0.4 is 14.4 Å². The Kier molecular flexibility index (Phi) is 11.8. The van der Waals surface area contributed by atoms with Gasteiger partial charge >= 0.3 is 0 Å². The topological polar surface area (TPSA) is 96.0 Å². The van der Waals surface area contributed by atoms with Crippen LogP contribution in [0.15, 0.2) is 106 Å². The second kappa shape index (κ2) is 16.0. The fraction of sp³-hybridized carbons (Fsp3) is 0.297. The summed E-state index contributed by atoms with van der Waals surface area (Å²) in [5, 5.41) is 3.38. The first-order valence-electron chi connectivity index (χ1n) is 15.9. The van der Waals surface area contributed by atoms with Crippen LogP contribution >= 0.6 is 27.5 Å². The fourth-order valence-electron chi connectivity index (χ4n) is 5.88. The summed E-state index contributed by atoms with van der Waals surface area (Å²) in [6.07, 6.45) is 4.08. The van der Waals surface area contributed by atoms with Crippen molar-refractivity contribution in [1.82, 2.24) is 10.2 Å². The monoisotopic (exact) mass is 751 g/mol. The van der Waals surface area contributed by atoms with E-state index in [-0.39, 0.29) is 40.5 Å². The summed E-state index contributed by atoms with van der Waals surface area (Å²) in [5.74, 6) is -0.442. The first kappa shape index (κ1) is 35.4. The van der Waals surface area contributed by atoms with Crippen molar-refractivity contribution in [3.8, 4) is 5.75 Å². The van der Waals surface area contributed by atoms with E-state index in [9.17, 15) is 18.0 Å². The summed E-state index contributed by atoms with van der Waals surface area (Å²) in [6, 6.07) is 27.2. The molecule has 8 nitrogen and oxygen atoms in total. The lowest BCUT2D eigenvalue weighted by atomic mass is 10.0. The largest absolute Gasteiger partial charge is 0.495 e. The Hall–Kier alpha value is -3.86. The van der Waals surface area contributed by atoms with Gasteiger partial charge in [0.1, 0.15) is 18.3 Å². The van der Waals surface area contributed by atoms with Crippen molar-refractivity contribution >= 4 is 55.1 Å². The van der Waals surface area contributed by atoms with E-state index in [1.54, 1.807) is 24.3 Å². The summed E-state index contributed by atoms with van der Waals surface area (Å²) < 4.78 is 35.8. The Morgan fingerprint density at radius 1 is 0.938 bits per heavy atom. The van der Waals surface area contributed by atoms with Gasteiger partial charge < -0.3 is 15.0 Å². The molecule has 1 atom stereocenters. The predicted molar refractivity (Wildman–Crippen MR) is 193 cm³/mol. The lowest BCUT2D eigenvalue weighted by Gasteiger charge is -2.34. The normalized spacial score (nSPS) is 13.9. The molecule has 4 aromatic rings. The number of methoxy groups -OCH3 is 1. The third-order valence-electron chi connectivity index (χ3n) is 8.55. The van der Waals surface area contributed by atoms with E-state index in [0.29, 0.717) is 5.75 Å². The fourth-order valence-corrected chi connectivity index (χ4v) is 7.81. The molecular weight excluding hydrogens is 714 g/mol. The van der Waals surface area contributed by atoms with E-state index >= 15 is 0 Å². The van der Waals surface area contributed by atoms with Gasteiger partial charge in [0.2, 0.25) is 11.8 Å². The molecule has 0 unspecified atom stereocenters. The lowest BCUT2D eigenvalue weighted by Crippen LogP contribution is -2.54. The van der Waals surface area contributed by atoms with Crippen molar-refractivity contribution in [3.63, 3.8) is 0 Å². The van der Waals surface area contributed by atoms with E-state index in [1.165, 1.54) is 30.2 Å². The highest BCUT2D eigenvalue weighted by Crippen LogP contribution is 2.32. The van der Waals surface area contributed by atoms with Crippen molar-refractivity contribution in [2.75, 3.05) is 18.0 Å². The molecule has 0 bridgehead atoms. The van der Waals surface area contributed by atoms with E-state index in [2.05, 4.69) is 21.2 Å². The molecule has 1 saturated carbocycles. The number of ether oxygens (including phenoxy) is 1. The van der Waals surface area contributed by atoms with Gasteiger partial charge in [0.25, 0.3) is 10.0 Å². The summed E-state index contributed by atoms with van der Waals surface area (Å²) in [5.41, 5.74) is 2.75. The highest BCUT2D eigenvalue weighted by molar-refractivity contribution is 9.10. The average Bonchev–Trinajstić information content (AvgIpc) is 3.59. The van der Waals surface area contributed by atoms with E-state index in [4.69, 9.17) is 16.3 Å².